The molecule has 4 nitrogen and oxygen atoms in total. The summed E-state index contributed by atoms with van der Waals surface area (Å²) in [6, 6.07) is 11.3. The molecule has 19 heavy (non-hydrogen) atoms. The van der Waals surface area contributed by atoms with Crippen LogP contribution in [0, 0.1) is 11.8 Å². The fourth-order valence-electron chi connectivity index (χ4n) is 1.56. The van der Waals surface area contributed by atoms with Gasteiger partial charge < -0.3 is 5.32 Å². The lowest BCUT2D eigenvalue weighted by molar-refractivity contribution is -0.115. The van der Waals surface area contributed by atoms with Gasteiger partial charge in [-0.05, 0) is 37.1 Å². The van der Waals surface area contributed by atoms with Crippen molar-refractivity contribution < 1.29 is 4.79 Å². The largest absolute Gasteiger partial charge is 0.340 e. The van der Waals surface area contributed by atoms with Crippen LogP contribution in [0.5, 0.6) is 0 Å². The number of rotatable bonds is 3. The normalized spacial score (nSPS) is 9.32. The van der Waals surface area contributed by atoms with Gasteiger partial charge in [0.15, 0.2) is 0 Å². The van der Waals surface area contributed by atoms with Gasteiger partial charge in [0.1, 0.15) is 0 Å². The van der Waals surface area contributed by atoms with Crippen LogP contribution in [0.15, 0.2) is 42.6 Å². The molecule has 1 N–H and O–H groups in total. The average Bonchev–Trinajstić information content (AvgIpc) is 2.47. The molecule has 0 aliphatic carbocycles. The van der Waals surface area contributed by atoms with Gasteiger partial charge in [-0.2, -0.15) is 0 Å². The van der Waals surface area contributed by atoms with E-state index in [4.69, 9.17) is 0 Å². The van der Waals surface area contributed by atoms with Gasteiger partial charge in [0.25, 0.3) is 5.91 Å². The van der Waals surface area contributed by atoms with E-state index in [1.54, 1.807) is 13.1 Å². The third kappa shape index (κ3) is 3.65. The van der Waals surface area contributed by atoms with Crippen molar-refractivity contribution >= 4 is 5.91 Å². The summed E-state index contributed by atoms with van der Waals surface area (Å²) in [6.07, 6.45) is 1.72. The summed E-state index contributed by atoms with van der Waals surface area (Å²) in [6.45, 7) is 1.98. The number of hydrogen-bond acceptors (Lipinski definition) is 3. The number of carbonyl (C=O) groups is 1. The first-order valence-corrected chi connectivity index (χ1v) is 5.87. The van der Waals surface area contributed by atoms with Crippen LogP contribution >= 0.6 is 0 Å². The highest BCUT2D eigenvalue weighted by Crippen LogP contribution is 2.13. The monoisotopic (exact) mass is 251 g/mol. The Morgan fingerprint density at radius 2 is 2.05 bits per heavy atom. The number of pyridine rings is 2. The molecule has 0 spiro atoms. The van der Waals surface area contributed by atoms with E-state index >= 15 is 0 Å². The molecule has 0 atom stereocenters. The number of nitrogens with one attached hydrogen (secondary N) is 1. The minimum Gasteiger partial charge on any atom is -0.340 e. The van der Waals surface area contributed by atoms with Crippen LogP contribution in [0.3, 0.4) is 0 Å². The molecule has 4 heteroatoms. The van der Waals surface area contributed by atoms with E-state index in [0.29, 0.717) is 6.54 Å². The summed E-state index contributed by atoms with van der Waals surface area (Å²) in [5.74, 6) is 4.67. The van der Waals surface area contributed by atoms with Crippen molar-refractivity contribution in [2.24, 2.45) is 0 Å². The van der Waals surface area contributed by atoms with Gasteiger partial charge in [-0.3, -0.25) is 9.78 Å². The van der Waals surface area contributed by atoms with E-state index in [1.165, 1.54) is 0 Å². The molecule has 0 radical (unpaired) electrons. The van der Waals surface area contributed by atoms with Gasteiger partial charge >= 0.3 is 0 Å². The number of hydrogen-bond donors (Lipinski definition) is 1. The lowest BCUT2D eigenvalue weighted by atomic mass is 10.2. The maximum Gasteiger partial charge on any atom is 0.296 e. The Kier molecular flexibility index (Phi) is 4.25. The van der Waals surface area contributed by atoms with E-state index in [-0.39, 0.29) is 5.91 Å². The lowest BCUT2D eigenvalue weighted by Gasteiger charge is -2.04. The minimum atomic E-state index is -0.299. The molecule has 2 heterocycles. The zero-order valence-corrected chi connectivity index (χ0v) is 10.6. The summed E-state index contributed by atoms with van der Waals surface area (Å²) in [5.41, 5.74) is 2.37. The Morgan fingerprint density at radius 1 is 1.21 bits per heavy atom. The quantitative estimate of drug-likeness (QED) is 0.846. The molecule has 0 aliphatic heterocycles. The van der Waals surface area contributed by atoms with E-state index in [9.17, 15) is 4.79 Å². The van der Waals surface area contributed by atoms with Crippen molar-refractivity contribution in [1.82, 2.24) is 15.3 Å². The summed E-state index contributed by atoms with van der Waals surface area (Å²) in [4.78, 5) is 19.9. The summed E-state index contributed by atoms with van der Waals surface area (Å²) in [5, 5.41) is 2.68. The van der Waals surface area contributed by atoms with Crippen LogP contribution in [0.4, 0.5) is 0 Å². The van der Waals surface area contributed by atoms with E-state index in [1.807, 2.05) is 36.4 Å². The highest BCUT2D eigenvalue weighted by Gasteiger charge is 2.02. The van der Waals surface area contributed by atoms with Crippen molar-refractivity contribution in [3.63, 3.8) is 0 Å². The van der Waals surface area contributed by atoms with Crippen LogP contribution in [0.25, 0.3) is 11.4 Å². The van der Waals surface area contributed by atoms with Crippen LogP contribution in [-0.2, 0) is 11.3 Å². The predicted molar refractivity (Wildman–Crippen MR) is 72.8 cm³/mol. The molecule has 1 amide bonds. The van der Waals surface area contributed by atoms with Crippen molar-refractivity contribution in [3.05, 3.63) is 48.3 Å². The Bertz CT molecular complexity index is 627. The zero-order valence-electron chi connectivity index (χ0n) is 10.6. The molecule has 2 rings (SSSR count). The molecule has 0 saturated heterocycles. The topological polar surface area (TPSA) is 54.9 Å². The SMILES string of the molecule is CC#CC(=O)NCc1cccc(-c2ccccn2)n1. The maximum atomic E-state index is 11.2. The minimum absolute atomic E-state index is 0.299. The fraction of sp³-hybridized carbons (Fsp3) is 0.133. The Morgan fingerprint density at radius 3 is 2.79 bits per heavy atom. The zero-order chi connectivity index (χ0) is 13.5. The molecule has 2 aromatic rings. The van der Waals surface area contributed by atoms with Crippen LogP contribution in [0.1, 0.15) is 12.6 Å². The number of nitrogens with zero attached hydrogens (tertiary/aromatic N) is 2. The van der Waals surface area contributed by atoms with Gasteiger partial charge in [-0.25, -0.2) is 4.98 Å². The maximum absolute atomic E-state index is 11.2. The number of carbonyl (C=O) groups excluding carboxylic acids is 1. The van der Waals surface area contributed by atoms with Crippen molar-refractivity contribution in [1.29, 1.82) is 0 Å². The molecule has 0 saturated carbocycles. The molecule has 0 fully saturated rings. The van der Waals surface area contributed by atoms with E-state index < -0.39 is 0 Å². The highest BCUT2D eigenvalue weighted by atomic mass is 16.1. The Balaban J connectivity index is 2.11. The fourth-order valence-corrected chi connectivity index (χ4v) is 1.56. The highest BCUT2D eigenvalue weighted by molar-refractivity contribution is 5.93. The van der Waals surface area contributed by atoms with Gasteiger partial charge in [0, 0.05) is 6.20 Å². The van der Waals surface area contributed by atoms with Gasteiger partial charge in [-0.15, -0.1) is 0 Å². The van der Waals surface area contributed by atoms with E-state index in [0.717, 1.165) is 17.1 Å². The summed E-state index contributed by atoms with van der Waals surface area (Å²) in [7, 11) is 0. The molecular formula is C15H13N3O. The third-order valence-electron chi connectivity index (χ3n) is 2.40. The van der Waals surface area contributed by atoms with Crippen LogP contribution in [-0.4, -0.2) is 15.9 Å². The molecule has 0 unspecified atom stereocenters. The molecule has 0 aliphatic rings. The first-order valence-electron chi connectivity index (χ1n) is 5.87. The number of aromatic nitrogens is 2. The molecule has 2 aromatic heterocycles. The van der Waals surface area contributed by atoms with Crippen LogP contribution in [0.2, 0.25) is 0 Å². The number of amides is 1. The molecule has 0 aromatic carbocycles. The van der Waals surface area contributed by atoms with Crippen molar-refractivity contribution in [3.8, 4) is 23.2 Å². The smallest absolute Gasteiger partial charge is 0.296 e. The Hall–Kier alpha value is -2.67. The van der Waals surface area contributed by atoms with Gasteiger partial charge in [0.05, 0.1) is 23.6 Å². The van der Waals surface area contributed by atoms with Gasteiger partial charge in [0.2, 0.25) is 0 Å². The second-order valence-corrected chi connectivity index (χ2v) is 3.79. The summed E-state index contributed by atoms with van der Waals surface area (Å²) < 4.78 is 0. The standard InChI is InChI=1S/C15H13N3O/c1-2-6-15(19)17-11-12-7-5-9-14(18-12)13-8-3-4-10-16-13/h3-5,7-10H,11H2,1H3,(H,17,19). The third-order valence-corrected chi connectivity index (χ3v) is 2.40. The van der Waals surface area contributed by atoms with Crippen LogP contribution < -0.4 is 5.32 Å². The Labute approximate surface area is 111 Å². The van der Waals surface area contributed by atoms with Crippen molar-refractivity contribution in [2.45, 2.75) is 13.5 Å². The lowest BCUT2D eigenvalue weighted by Crippen LogP contribution is -2.21. The second kappa shape index (κ2) is 6.31. The first kappa shape index (κ1) is 12.8. The summed E-state index contributed by atoms with van der Waals surface area (Å²) >= 11 is 0. The first-order chi connectivity index (χ1) is 9.29. The average molecular weight is 251 g/mol. The van der Waals surface area contributed by atoms with Gasteiger partial charge in [-0.1, -0.05) is 18.1 Å². The second-order valence-electron chi connectivity index (χ2n) is 3.79. The molecule has 94 valence electrons. The molecule has 0 bridgehead atoms. The predicted octanol–water partition coefficient (Wildman–Crippen LogP) is 1.78. The molecular weight excluding hydrogens is 238 g/mol. The van der Waals surface area contributed by atoms with E-state index in [2.05, 4.69) is 27.1 Å². The van der Waals surface area contributed by atoms with Crippen molar-refractivity contribution in [2.75, 3.05) is 0 Å².